The standard InChI is InChI=1S/C25H24ClN3O2/c1-25(31)11-5-4-8-21(25)29-15-28-23-19-7-3-2-6-18(19)17(13-20(23)24(29)30)12-16-9-10-22(26)27-14-16/h2-3,6-7,9-10,13-15,21,31H,4-5,8,11-12H2,1H3/t21-,25-/m0/s1. The Labute approximate surface area is 185 Å². The maximum Gasteiger partial charge on any atom is 0.261 e. The lowest BCUT2D eigenvalue weighted by atomic mass is 9.81. The Hall–Kier alpha value is -2.76. The molecule has 1 aliphatic rings. The Morgan fingerprint density at radius 3 is 2.68 bits per heavy atom. The Morgan fingerprint density at radius 1 is 1.13 bits per heavy atom. The molecule has 1 N–H and O–H groups in total. The van der Waals surface area contributed by atoms with Gasteiger partial charge in [-0.2, -0.15) is 0 Å². The molecule has 5 nitrogen and oxygen atoms in total. The molecule has 2 aromatic carbocycles. The summed E-state index contributed by atoms with van der Waals surface area (Å²) in [6.45, 7) is 1.83. The van der Waals surface area contributed by atoms with Crippen LogP contribution in [0.3, 0.4) is 0 Å². The van der Waals surface area contributed by atoms with Gasteiger partial charge in [0.05, 0.1) is 28.9 Å². The summed E-state index contributed by atoms with van der Waals surface area (Å²) in [5.41, 5.74) is 1.75. The van der Waals surface area contributed by atoms with Crippen LogP contribution in [0.25, 0.3) is 21.7 Å². The molecule has 1 saturated carbocycles. The van der Waals surface area contributed by atoms with Crippen molar-refractivity contribution in [2.24, 2.45) is 0 Å². The number of aromatic nitrogens is 3. The van der Waals surface area contributed by atoms with Gasteiger partial charge in [-0.25, -0.2) is 9.97 Å². The third-order valence-electron chi connectivity index (χ3n) is 6.53. The smallest absolute Gasteiger partial charge is 0.261 e. The van der Waals surface area contributed by atoms with Crippen molar-refractivity contribution in [3.05, 3.63) is 81.6 Å². The van der Waals surface area contributed by atoms with Crippen molar-refractivity contribution in [3.63, 3.8) is 0 Å². The molecule has 0 aliphatic heterocycles. The molecule has 1 aliphatic carbocycles. The molecular formula is C25H24ClN3O2. The van der Waals surface area contributed by atoms with E-state index in [0.29, 0.717) is 28.9 Å². The van der Waals surface area contributed by atoms with E-state index in [1.165, 1.54) is 0 Å². The van der Waals surface area contributed by atoms with Gasteiger partial charge in [-0.3, -0.25) is 9.36 Å². The predicted octanol–water partition coefficient (Wildman–Crippen LogP) is 5.06. The molecule has 0 saturated heterocycles. The number of pyridine rings is 1. The predicted molar refractivity (Wildman–Crippen MR) is 124 cm³/mol. The van der Waals surface area contributed by atoms with E-state index in [0.717, 1.165) is 41.2 Å². The van der Waals surface area contributed by atoms with Gasteiger partial charge >= 0.3 is 0 Å². The second-order valence-corrected chi connectivity index (χ2v) is 9.11. The van der Waals surface area contributed by atoms with Gasteiger partial charge < -0.3 is 5.11 Å². The summed E-state index contributed by atoms with van der Waals surface area (Å²) in [5, 5.41) is 14.0. The molecule has 0 unspecified atom stereocenters. The fourth-order valence-electron chi connectivity index (χ4n) is 4.88. The van der Waals surface area contributed by atoms with Gasteiger partial charge in [0.2, 0.25) is 0 Å². The molecule has 5 rings (SSSR count). The first kappa shape index (κ1) is 20.2. The molecule has 2 atom stereocenters. The van der Waals surface area contributed by atoms with Gasteiger partial charge in [-0.1, -0.05) is 54.8 Å². The van der Waals surface area contributed by atoms with Crippen LogP contribution in [0.2, 0.25) is 5.15 Å². The minimum Gasteiger partial charge on any atom is -0.388 e. The summed E-state index contributed by atoms with van der Waals surface area (Å²) in [5.74, 6) is 0. The first-order valence-corrected chi connectivity index (χ1v) is 11.1. The van der Waals surface area contributed by atoms with E-state index in [4.69, 9.17) is 16.6 Å². The second-order valence-electron chi connectivity index (χ2n) is 8.72. The van der Waals surface area contributed by atoms with E-state index >= 15 is 0 Å². The van der Waals surface area contributed by atoms with Crippen molar-refractivity contribution in [2.75, 3.05) is 0 Å². The number of hydrogen-bond donors (Lipinski definition) is 1. The summed E-state index contributed by atoms with van der Waals surface area (Å²) in [4.78, 5) is 22.5. The number of benzene rings is 2. The molecule has 31 heavy (non-hydrogen) atoms. The van der Waals surface area contributed by atoms with Crippen LogP contribution in [-0.2, 0) is 6.42 Å². The first-order valence-electron chi connectivity index (χ1n) is 10.7. The number of rotatable bonds is 3. The Kier molecular flexibility index (Phi) is 5.03. The van der Waals surface area contributed by atoms with E-state index in [1.54, 1.807) is 23.2 Å². The van der Waals surface area contributed by atoms with E-state index in [9.17, 15) is 9.90 Å². The zero-order valence-electron chi connectivity index (χ0n) is 17.4. The van der Waals surface area contributed by atoms with E-state index in [1.807, 2.05) is 37.3 Å². The van der Waals surface area contributed by atoms with Crippen molar-refractivity contribution in [1.82, 2.24) is 14.5 Å². The average Bonchev–Trinajstić information content (AvgIpc) is 2.76. The molecule has 0 bridgehead atoms. The quantitative estimate of drug-likeness (QED) is 0.362. The fourth-order valence-corrected chi connectivity index (χ4v) is 5.00. The van der Waals surface area contributed by atoms with Gasteiger partial charge in [-0.05, 0) is 54.8 Å². The Bertz CT molecular complexity index is 1330. The molecule has 4 aromatic rings. The van der Waals surface area contributed by atoms with Gasteiger partial charge in [0.25, 0.3) is 5.56 Å². The van der Waals surface area contributed by atoms with E-state index in [-0.39, 0.29) is 11.6 Å². The molecule has 158 valence electrons. The molecule has 1 fully saturated rings. The highest BCUT2D eigenvalue weighted by Gasteiger charge is 2.36. The lowest BCUT2D eigenvalue weighted by Crippen LogP contribution is -2.43. The summed E-state index contributed by atoms with van der Waals surface area (Å²) < 4.78 is 1.64. The summed E-state index contributed by atoms with van der Waals surface area (Å²) in [7, 11) is 0. The van der Waals surface area contributed by atoms with Crippen molar-refractivity contribution >= 4 is 33.3 Å². The third kappa shape index (κ3) is 3.62. The van der Waals surface area contributed by atoms with Crippen LogP contribution in [0.15, 0.2) is 59.8 Å². The topological polar surface area (TPSA) is 68.0 Å². The molecule has 2 aromatic heterocycles. The second kappa shape index (κ2) is 7.74. The van der Waals surface area contributed by atoms with Crippen LogP contribution < -0.4 is 5.56 Å². The van der Waals surface area contributed by atoms with Crippen molar-refractivity contribution < 1.29 is 5.11 Å². The SMILES string of the molecule is C[C@]1(O)CCCC[C@@H]1n1cnc2c(cc(Cc3ccc(Cl)nc3)c3ccccc32)c1=O. The summed E-state index contributed by atoms with van der Waals surface area (Å²) >= 11 is 5.94. The summed E-state index contributed by atoms with van der Waals surface area (Å²) in [6.07, 6.45) is 7.45. The van der Waals surface area contributed by atoms with Crippen LogP contribution >= 0.6 is 11.6 Å². The molecular weight excluding hydrogens is 410 g/mol. The highest BCUT2D eigenvalue weighted by Crippen LogP contribution is 2.36. The molecule has 0 radical (unpaired) electrons. The number of nitrogens with zero attached hydrogens (tertiary/aromatic N) is 3. The van der Waals surface area contributed by atoms with Crippen molar-refractivity contribution in [1.29, 1.82) is 0 Å². The third-order valence-corrected chi connectivity index (χ3v) is 6.75. The molecule has 2 heterocycles. The van der Waals surface area contributed by atoms with Gasteiger partial charge in [-0.15, -0.1) is 0 Å². The minimum absolute atomic E-state index is 0.0987. The first-order chi connectivity index (χ1) is 14.9. The number of aliphatic hydroxyl groups is 1. The van der Waals surface area contributed by atoms with Gasteiger partial charge in [0.15, 0.2) is 0 Å². The fraction of sp³-hybridized carbons (Fsp3) is 0.320. The van der Waals surface area contributed by atoms with Crippen LogP contribution in [0.4, 0.5) is 0 Å². The van der Waals surface area contributed by atoms with Crippen LogP contribution in [0.1, 0.15) is 49.8 Å². The highest BCUT2D eigenvalue weighted by molar-refractivity contribution is 6.29. The zero-order chi connectivity index (χ0) is 21.6. The largest absolute Gasteiger partial charge is 0.388 e. The average molecular weight is 434 g/mol. The normalized spacial score (nSPS) is 21.6. The maximum absolute atomic E-state index is 13.6. The molecule has 0 amide bonds. The maximum atomic E-state index is 13.6. The van der Waals surface area contributed by atoms with Crippen LogP contribution in [0, 0.1) is 0 Å². The molecule has 0 spiro atoms. The van der Waals surface area contributed by atoms with Crippen LogP contribution in [-0.4, -0.2) is 25.2 Å². The van der Waals surface area contributed by atoms with E-state index in [2.05, 4.69) is 11.1 Å². The van der Waals surface area contributed by atoms with Gasteiger partial charge in [0, 0.05) is 11.6 Å². The van der Waals surface area contributed by atoms with E-state index < -0.39 is 5.60 Å². The monoisotopic (exact) mass is 433 g/mol. The lowest BCUT2D eigenvalue weighted by molar-refractivity contribution is -0.0262. The zero-order valence-corrected chi connectivity index (χ0v) is 18.1. The Morgan fingerprint density at radius 2 is 1.94 bits per heavy atom. The number of fused-ring (bicyclic) bond motifs is 3. The minimum atomic E-state index is -0.911. The molecule has 6 heteroatoms. The van der Waals surface area contributed by atoms with Crippen molar-refractivity contribution in [3.8, 4) is 0 Å². The highest BCUT2D eigenvalue weighted by atomic mass is 35.5. The summed E-state index contributed by atoms with van der Waals surface area (Å²) in [6, 6.07) is 13.5. The number of halogens is 1. The van der Waals surface area contributed by atoms with Gasteiger partial charge in [0.1, 0.15) is 5.15 Å². The van der Waals surface area contributed by atoms with Crippen LogP contribution in [0.5, 0.6) is 0 Å². The lowest BCUT2D eigenvalue weighted by Gasteiger charge is -2.38. The van der Waals surface area contributed by atoms with Crippen molar-refractivity contribution in [2.45, 2.75) is 50.7 Å². The number of hydrogen-bond acceptors (Lipinski definition) is 4. The Balaban J connectivity index is 1.71.